The average Bonchev–Trinajstić information content (AvgIpc) is 3.30. The Kier molecular flexibility index (Phi) is 5.24. The fraction of sp³-hybridized carbons (Fsp3) is 0.533. The maximum Gasteiger partial charge on any atom is 0.170 e. The van der Waals surface area contributed by atoms with Crippen molar-refractivity contribution in [2.24, 2.45) is 16.8 Å². The van der Waals surface area contributed by atoms with Crippen LogP contribution in [-0.4, -0.2) is 42.2 Å². The van der Waals surface area contributed by atoms with Gasteiger partial charge in [-0.1, -0.05) is 12.1 Å². The molecular weight excluding hydrogens is 254 g/mol. The van der Waals surface area contributed by atoms with Crippen molar-refractivity contribution in [1.82, 2.24) is 4.90 Å². The van der Waals surface area contributed by atoms with Crippen LogP contribution in [0.1, 0.15) is 25.3 Å². The summed E-state index contributed by atoms with van der Waals surface area (Å²) in [6.07, 6.45) is 2.76. The first-order chi connectivity index (χ1) is 9.72. The van der Waals surface area contributed by atoms with E-state index in [2.05, 4.69) is 17.0 Å². The molecular formula is C15H23N3O2. The fourth-order valence-corrected chi connectivity index (χ4v) is 2.12. The zero-order valence-electron chi connectivity index (χ0n) is 12.0. The lowest BCUT2D eigenvalue weighted by molar-refractivity contribution is 0.210. The minimum atomic E-state index is 0.109. The third-order valence-electron chi connectivity index (χ3n) is 3.59. The van der Waals surface area contributed by atoms with E-state index >= 15 is 0 Å². The number of nitrogens with zero attached hydrogens (tertiary/aromatic N) is 2. The Bertz CT molecular complexity index is 441. The van der Waals surface area contributed by atoms with Crippen LogP contribution < -0.4 is 10.5 Å². The molecule has 20 heavy (non-hydrogen) atoms. The molecule has 1 aromatic carbocycles. The Morgan fingerprint density at radius 3 is 2.65 bits per heavy atom. The molecule has 1 aliphatic rings. The zero-order valence-corrected chi connectivity index (χ0v) is 12.0. The molecule has 0 amide bonds. The molecule has 5 nitrogen and oxygen atoms in total. The van der Waals surface area contributed by atoms with Gasteiger partial charge in [-0.2, -0.15) is 0 Å². The highest BCUT2D eigenvalue weighted by Gasteiger charge is 2.23. The number of rotatable bonds is 8. The summed E-state index contributed by atoms with van der Waals surface area (Å²) in [6, 6.07) is 7.24. The molecule has 1 aromatic rings. The van der Waals surface area contributed by atoms with E-state index < -0.39 is 0 Å². The Morgan fingerprint density at radius 1 is 1.40 bits per heavy atom. The number of nitrogens with two attached hydrogens (primary N) is 1. The monoisotopic (exact) mass is 277 g/mol. The van der Waals surface area contributed by atoms with Gasteiger partial charge in [0.2, 0.25) is 0 Å². The highest BCUT2D eigenvalue weighted by Crippen LogP contribution is 2.29. The van der Waals surface area contributed by atoms with Gasteiger partial charge in [0.25, 0.3) is 0 Å². The van der Waals surface area contributed by atoms with Crippen LogP contribution in [0.25, 0.3) is 0 Å². The van der Waals surface area contributed by atoms with Gasteiger partial charge in [0.05, 0.1) is 0 Å². The van der Waals surface area contributed by atoms with E-state index in [9.17, 15) is 0 Å². The third-order valence-corrected chi connectivity index (χ3v) is 3.59. The molecule has 0 saturated heterocycles. The first-order valence-electron chi connectivity index (χ1n) is 7.16. The van der Waals surface area contributed by atoms with E-state index in [-0.39, 0.29) is 5.84 Å². The Labute approximate surface area is 120 Å². The summed E-state index contributed by atoms with van der Waals surface area (Å²) >= 11 is 0. The molecule has 2 rings (SSSR count). The minimum absolute atomic E-state index is 0.109. The predicted octanol–water partition coefficient (Wildman–Crippen LogP) is 1.89. The van der Waals surface area contributed by atoms with Crippen LogP contribution in [-0.2, 0) is 0 Å². The number of hydrogen-bond donors (Lipinski definition) is 2. The van der Waals surface area contributed by atoms with Crippen LogP contribution >= 0.6 is 0 Å². The molecule has 0 aromatic heterocycles. The predicted molar refractivity (Wildman–Crippen MR) is 79.3 cm³/mol. The van der Waals surface area contributed by atoms with Crippen molar-refractivity contribution in [2.75, 3.05) is 26.2 Å². The van der Waals surface area contributed by atoms with E-state index in [0.29, 0.717) is 12.2 Å². The maximum atomic E-state index is 8.59. The van der Waals surface area contributed by atoms with Crippen LogP contribution in [0.15, 0.2) is 29.4 Å². The number of likely N-dealkylation sites (N-methyl/N-ethyl adjacent to an activating group) is 1. The minimum Gasteiger partial charge on any atom is -0.492 e. The van der Waals surface area contributed by atoms with E-state index in [1.807, 2.05) is 12.1 Å². The van der Waals surface area contributed by atoms with Crippen LogP contribution in [0.4, 0.5) is 0 Å². The molecule has 1 aliphatic carbocycles. The molecule has 0 heterocycles. The lowest BCUT2D eigenvalue weighted by Gasteiger charge is -2.20. The van der Waals surface area contributed by atoms with Crippen molar-refractivity contribution in [1.29, 1.82) is 0 Å². The molecule has 110 valence electrons. The molecule has 5 heteroatoms. The largest absolute Gasteiger partial charge is 0.492 e. The van der Waals surface area contributed by atoms with E-state index in [0.717, 1.165) is 24.8 Å². The Hall–Kier alpha value is -1.75. The molecule has 0 unspecified atom stereocenters. The van der Waals surface area contributed by atoms with Gasteiger partial charge in [0.15, 0.2) is 5.84 Å². The first-order valence-corrected chi connectivity index (χ1v) is 7.16. The van der Waals surface area contributed by atoms with Crippen molar-refractivity contribution < 1.29 is 9.94 Å². The number of benzene rings is 1. The zero-order chi connectivity index (χ0) is 14.4. The Morgan fingerprint density at radius 2 is 2.10 bits per heavy atom. The topological polar surface area (TPSA) is 71.1 Å². The van der Waals surface area contributed by atoms with Gasteiger partial charge in [0.1, 0.15) is 12.4 Å². The summed E-state index contributed by atoms with van der Waals surface area (Å²) in [5.41, 5.74) is 6.19. The lowest BCUT2D eigenvalue weighted by atomic mass is 10.2. The summed E-state index contributed by atoms with van der Waals surface area (Å²) < 4.78 is 5.72. The number of amidine groups is 1. The second-order valence-corrected chi connectivity index (χ2v) is 5.19. The van der Waals surface area contributed by atoms with E-state index in [1.54, 1.807) is 12.1 Å². The molecule has 1 fully saturated rings. The van der Waals surface area contributed by atoms with Crippen LogP contribution in [0.5, 0.6) is 5.75 Å². The van der Waals surface area contributed by atoms with Crippen LogP contribution in [0, 0.1) is 5.92 Å². The average molecular weight is 277 g/mol. The van der Waals surface area contributed by atoms with Gasteiger partial charge >= 0.3 is 0 Å². The highest BCUT2D eigenvalue weighted by atomic mass is 16.5. The van der Waals surface area contributed by atoms with E-state index in [4.69, 9.17) is 15.7 Å². The molecule has 0 bridgehead atoms. The van der Waals surface area contributed by atoms with Crippen molar-refractivity contribution in [3.63, 3.8) is 0 Å². The highest BCUT2D eigenvalue weighted by molar-refractivity contribution is 5.97. The SMILES string of the molecule is CCN(CCOc1ccc(C(N)=NO)cc1)CC1CC1. The van der Waals surface area contributed by atoms with Gasteiger partial charge in [-0.15, -0.1) is 0 Å². The van der Waals surface area contributed by atoms with Gasteiger partial charge < -0.3 is 15.7 Å². The molecule has 0 spiro atoms. The number of hydrogen-bond acceptors (Lipinski definition) is 4. The van der Waals surface area contributed by atoms with Gasteiger partial charge in [0, 0.05) is 18.7 Å². The third kappa shape index (κ3) is 4.42. The van der Waals surface area contributed by atoms with Crippen molar-refractivity contribution in [3.05, 3.63) is 29.8 Å². The molecule has 0 aliphatic heterocycles. The summed E-state index contributed by atoms with van der Waals surface area (Å²) in [6.45, 7) is 6.09. The lowest BCUT2D eigenvalue weighted by Crippen LogP contribution is -2.30. The summed E-state index contributed by atoms with van der Waals surface area (Å²) in [5, 5.41) is 11.6. The first kappa shape index (κ1) is 14.7. The number of ether oxygens (including phenoxy) is 1. The van der Waals surface area contributed by atoms with Crippen molar-refractivity contribution in [3.8, 4) is 5.75 Å². The Balaban J connectivity index is 1.75. The molecule has 1 saturated carbocycles. The molecule has 0 radical (unpaired) electrons. The second-order valence-electron chi connectivity index (χ2n) is 5.19. The standard InChI is InChI=1S/C15H23N3O2/c1-2-18(11-12-3-4-12)9-10-20-14-7-5-13(6-8-14)15(16)17-19/h5-8,12,19H,2-4,9-11H2,1H3,(H2,16,17). The van der Waals surface area contributed by atoms with Gasteiger partial charge in [-0.05, 0) is 49.6 Å². The number of oxime groups is 1. The molecule has 3 N–H and O–H groups in total. The summed E-state index contributed by atoms with van der Waals surface area (Å²) in [5.74, 6) is 1.83. The van der Waals surface area contributed by atoms with Crippen LogP contribution in [0.3, 0.4) is 0 Å². The summed E-state index contributed by atoms with van der Waals surface area (Å²) in [7, 11) is 0. The quantitative estimate of drug-likeness (QED) is 0.329. The molecule has 0 atom stereocenters. The van der Waals surface area contributed by atoms with Gasteiger partial charge in [-0.25, -0.2) is 0 Å². The summed E-state index contributed by atoms with van der Waals surface area (Å²) in [4.78, 5) is 2.43. The van der Waals surface area contributed by atoms with Gasteiger partial charge in [-0.3, -0.25) is 4.90 Å². The smallest absolute Gasteiger partial charge is 0.170 e. The van der Waals surface area contributed by atoms with Crippen molar-refractivity contribution in [2.45, 2.75) is 19.8 Å². The van der Waals surface area contributed by atoms with E-state index in [1.165, 1.54) is 19.4 Å². The second kappa shape index (κ2) is 7.14. The van der Waals surface area contributed by atoms with Crippen molar-refractivity contribution >= 4 is 5.84 Å². The normalized spacial score (nSPS) is 15.6. The fourth-order valence-electron chi connectivity index (χ4n) is 2.12. The van der Waals surface area contributed by atoms with Crippen LogP contribution in [0.2, 0.25) is 0 Å². The maximum absolute atomic E-state index is 8.59.